The van der Waals surface area contributed by atoms with E-state index in [2.05, 4.69) is 89.9 Å². The Bertz CT molecular complexity index is 1500. The van der Waals surface area contributed by atoms with Gasteiger partial charge in [0.05, 0.1) is 0 Å². The number of amides is 1. The Hall–Kier alpha value is -4.23. The van der Waals surface area contributed by atoms with Crippen molar-refractivity contribution in [3.05, 3.63) is 106 Å². The van der Waals surface area contributed by atoms with Crippen molar-refractivity contribution < 1.29 is 9.53 Å². The highest BCUT2D eigenvalue weighted by atomic mass is 16.5. The Labute approximate surface area is 235 Å². The number of rotatable bonds is 9. The molecule has 0 atom stereocenters. The third-order valence-electron chi connectivity index (χ3n) is 8.07. The number of nitrogens with zero attached hydrogens (tertiary/aromatic N) is 1. The molecule has 0 fully saturated rings. The molecule has 0 saturated heterocycles. The molecule has 2 aliphatic heterocycles. The van der Waals surface area contributed by atoms with Crippen molar-refractivity contribution in [2.75, 3.05) is 36.8 Å². The number of H-pyrrole nitrogens is 1. The highest BCUT2D eigenvalue weighted by molar-refractivity contribution is 6.02. The Morgan fingerprint density at radius 2 is 1.50 bits per heavy atom. The second-order valence-corrected chi connectivity index (χ2v) is 10.6. The van der Waals surface area contributed by atoms with Crippen molar-refractivity contribution in [2.45, 2.75) is 39.8 Å². The van der Waals surface area contributed by atoms with E-state index in [-0.39, 0.29) is 5.91 Å². The first kappa shape index (κ1) is 26.0. The maximum atomic E-state index is 14.2. The van der Waals surface area contributed by atoms with Crippen LogP contribution >= 0.6 is 0 Å². The minimum atomic E-state index is -0.810. The molecule has 1 aromatic heterocycles. The van der Waals surface area contributed by atoms with E-state index in [1.54, 1.807) is 0 Å². The summed E-state index contributed by atoms with van der Waals surface area (Å²) in [6.45, 7) is 11.9. The number of hydrogen-bond acceptors (Lipinski definition) is 5. The van der Waals surface area contributed by atoms with E-state index >= 15 is 0 Å². The van der Waals surface area contributed by atoms with Crippen molar-refractivity contribution in [1.29, 1.82) is 0 Å². The van der Waals surface area contributed by atoms with E-state index in [9.17, 15) is 4.79 Å². The monoisotopic (exact) mass is 535 g/mol. The van der Waals surface area contributed by atoms with Crippen LogP contribution in [0.2, 0.25) is 0 Å². The van der Waals surface area contributed by atoms with Gasteiger partial charge in [0, 0.05) is 84.8 Å². The lowest BCUT2D eigenvalue weighted by Gasteiger charge is -2.45. The Balaban J connectivity index is 1.55. The van der Waals surface area contributed by atoms with E-state index in [1.807, 2.05) is 30.5 Å². The number of aromatic nitrogens is 1. The lowest BCUT2D eigenvalue weighted by molar-refractivity contribution is 0.0667. The largest absolute Gasteiger partial charge is 0.456 e. The fourth-order valence-electron chi connectivity index (χ4n) is 6.31. The van der Waals surface area contributed by atoms with Gasteiger partial charge in [-0.1, -0.05) is 18.2 Å². The van der Waals surface area contributed by atoms with Gasteiger partial charge in [0.1, 0.15) is 17.0 Å². The summed E-state index contributed by atoms with van der Waals surface area (Å²) in [6.07, 6.45) is 1.93. The SMILES string of the molecule is CCNc1cc2c(cc1C)C1(c3cc(C)c(NCC)cc3O2)c2ccccc2C(=O)N1CCNCc1ccc[nH]1. The molecular formula is C33H37N5O2. The first-order valence-electron chi connectivity index (χ1n) is 14.2. The quantitative estimate of drug-likeness (QED) is 0.194. The summed E-state index contributed by atoms with van der Waals surface area (Å²) in [5.41, 5.74) is 8.36. The maximum Gasteiger partial charge on any atom is 0.255 e. The maximum absolute atomic E-state index is 14.2. The molecule has 0 bridgehead atoms. The summed E-state index contributed by atoms with van der Waals surface area (Å²) in [7, 11) is 0. The van der Waals surface area contributed by atoms with Gasteiger partial charge >= 0.3 is 0 Å². The number of aromatic amines is 1. The lowest BCUT2D eigenvalue weighted by atomic mass is 9.73. The van der Waals surface area contributed by atoms with Gasteiger partial charge < -0.3 is 30.6 Å². The van der Waals surface area contributed by atoms with Crippen molar-refractivity contribution >= 4 is 17.3 Å². The number of fused-ring (bicyclic) bond motifs is 6. The molecule has 0 aliphatic carbocycles. The average Bonchev–Trinajstić information content (AvgIpc) is 3.55. The number of benzene rings is 3. The number of carbonyl (C=O) groups excluding carboxylic acids is 1. The Kier molecular flexibility index (Phi) is 6.76. The van der Waals surface area contributed by atoms with Crippen molar-refractivity contribution in [3.63, 3.8) is 0 Å². The van der Waals surface area contributed by atoms with Crippen LogP contribution < -0.4 is 20.7 Å². The van der Waals surface area contributed by atoms with Gasteiger partial charge in [0.2, 0.25) is 0 Å². The third-order valence-corrected chi connectivity index (χ3v) is 8.07. The molecule has 3 aromatic carbocycles. The van der Waals surface area contributed by atoms with Crippen molar-refractivity contribution in [2.24, 2.45) is 0 Å². The molecule has 0 radical (unpaired) electrons. The van der Waals surface area contributed by atoms with Crippen LogP contribution in [0.3, 0.4) is 0 Å². The van der Waals surface area contributed by atoms with Crippen LogP contribution in [0, 0.1) is 13.8 Å². The van der Waals surface area contributed by atoms with Gasteiger partial charge in [0.25, 0.3) is 5.91 Å². The van der Waals surface area contributed by atoms with Crippen LogP contribution in [0.1, 0.15) is 57.7 Å². The van der Waals surface area contributed by atoms with Gasteiger partial charge in [-0.25, -0.2) is 0 Å². The van der Waals surface area contributed by atoms with Crippen molar-refractivity contribution in [3.8, 4) is 11.5 Å². The van der Waals surface area contributed by atoms with Crippen molar-refractivity contribution in [1.82, 2.24) is 15.2 Å². The van der Waals surface area contributed by atoms with Crippen LogP contribution in [-0.4, -0.2) is 42.0 Å². The zero-order valence-electron chi connectivity index (χ0n) is 23.7. The molecule has 7 nitrogen and oxygen atoms in total. The van der Waals surface area contributed by atoms with Crippen LogP contribution in [0.25, 0.3) is 0 Å². The highest BCUT2D eigenvalue weighted by Gasteiger charge is 2.56. The summed E-state index contributed by atoms with van der Waals surface area (Å²) in [5, 5.41) is 10.5. The predicted octanol–water partition coefficient (Wildman–Crippen LogP) is 6.14. The summed E-state index contributed by atoms with van der Waals surface area (Å²) in [4.78, 5) is 19.5. The smallest absolute Gasteiger partial charge is 0.255 e. The predicted molar refractivity (Wildman–Crippen MR) is 161 cm³/mol. The zero-order chi connectivity index (χ0) is 27.9. The second kappa shape index (κ2) is 10.4. The topological polar surface area (TPSA) is 81.4 Å². The summed E-state index contributed by atoms with van der Waals surface area (Å²) in [5.74, 6) is 1.58. The highest BCUT2D eigenvalue weighted by Crippen LogP contribution is 2.58. The van der Waals surface area contributed by atoms with Crippen LogP contribution in [0.15, 0.2) is 66.9 Å². The standard InChI is InChI=1S/C33H37N5O2/c1-5-35-28-18-30-26(16-21(28)3)33(27-17-22(4)29(36-6-2)19-31(27)40-30)25-12-8-7-11-24(25)32(39)38(33)15-14-34-20-23-10-9-13-37-23/h7-13,16-19,34-37H,5-6,14-15,20H2,1-4H3. The van der Waals surface area contributed by atoms with Gasteiger partial charge in [-0.15, -0.1) is 0 Å². The minimum Gasteiger partial charge on any atom is -0.456 e. The molecular weight excluding hydrogens is 498 g/mol. The molecule has 6 rings (SSSR count). The molecule has 2 aliphatic rings. The van der Waals surface area contributed by atoms with Gasteiger partial charge in [-0.05, 0) is 74.7 Å². The zero-order valence-corrected chi connectivity index (χ0v) is 23.7. The van der Waals surface area contributed by atoms with Crippen LogP contribution in [0.4, 0.5) is 11.4 Å². The second-order valence-electron chi connectivity index (χ2n) is 10.6. The molecule has 40 heavy (non-hydrogen) atoms. The third kappa shape index (κ3) is 4.04. The number of hydrogen-bond donors (Lipinski definition) is 4. The fraction of sp³-hybridized carbons (Fsp3) is 0.303. The van der Waals surface area contributed by atoms with Gasteiger partial charge in [-0.3, -0.25) is 4.79 Å². The minimum absolute atomic E-state index is 0.0397. The first-order valence-corrected chi connectivity index (χ1v) is 14.2. The van der Waals surface area contributed by atoms with E-state index in [4.69, 9.17) is 4.74 Å². The molecule has 0 unspecified atom stereocenters. The molecule has 1 spiro atoms. The number of anilines is 2. The van der Waals surface area contributed by atoms with Crippen LogP contribution in [0.5, 0.6) is 11.5 Å². The summed E-state index contributed by atoms with van der Waals surface area (Å²) in [6, 6.07) is 20.7. The molecule has 0 saturated carbocycles. The number of aryl methyl sites for hydroxylation is 2. The molecule has 4 aromatic rings. The van der Waals surface area contributed by atoms with Crippen LogP contribution in [-0.2, 0) is 12.1 Å². The average molecular weight is 536 g/mol. The normalized spacial score (nSPS) is 14.5. The molecule has 7 heteroatoms. The number of nitrogens with one attached hydrogen (secondary N) is 4. The Morgan fingerprint density at radius 3 is 2.10 bits per heavy atom. The first-order chi connectivity index (χ1) is 19.5. The van der Waals surface area contributed by atoms with E-state index in [0.717, 1.165) is 75.0 Å². The van der Waals surface area contributed by atoms with E-state index < -0.39 is 5.54 Å². The molecule has 1 amide bonds. The summed E-state index contributed by atoms with van der Waals surface area (Å²) < 4.78 is 6.68. The number of carbonyl (C=O) groups is 1. The van der Waals surface area contributed by atoms with Gasteiger partial charge in [-0.2, -0.15) is 0 Å². The van der Waals surface area contributed by atoms with E-state index in [1.165, 1.54) is 0 Å². The summed E-state index contributed by atoms with van der Waals surface area (Å²) >= 11 is 0. The molecule has 206 valence electrons. The van der Waals surface area contributed by atoms with E-state index in [0.29, 0.717) is 19.6 Å². The lowest BCUT2D eigenvalue weighted by Crippen LogP contribution is -2.49. The fourth-order valence-corrected chi connectivity index (χ4v) is 6.31. The number of ether oxygens (including phenoxy) is 1. The van der Waals surface area contributed by atoms with Gasteiger partial charge in [0.15, 0.2) is 0 Å². The molecule has 3 heterocycles. The Morgan fingerprint density at radius 1 is 0.850 bits per heavy atom. The molecule has 4 N–H and O–H groups in total.